The van der Waals surface area contributed by atoms with Crippen LogP contribution in [0.2, 0.25) is 0 Å². The van der Waals surface area contributed by atoms with Crippen LogP contribution in [-0.4, -0.2) is 13.2 Å². The maximum atomic E-state index is 5.93. The van der Waals surface area contributed by atoms with Gasteiger partial charge in [0.25, 0.3) is 0 Å². The Morgan fingerprint density at radius 1 is 0.724 bits per heavy atom. The lowest BCUT2D eigenvalue weighted by atomic mass is 10.1. The van der Waals surface area contributed by atoms with Gasteiger partial charge in [-0.2, -0.15) is 0 Å². The molecule has 3 nitrogen and oxygen atoms in total. The molecule has 0 saturated heterocycles. The summed E-state index contributed by atoms with van der Waals surface area (Å²) in [6, 6.07) is 26.8. The summed E-state index contributed by atoms with van der Waals surface area (Å²) in [5.74, 6) is 2.49. The molecule has 0 aliphatic carbocycles. The molecule has 3 aromatic carbocycles. The largest absolute Gasteiger partial charge is 0.494 e. The van der Waals surface area contributed by atoms with Crippen LogP contribution >= 0.6 is 0 Å². The van der Waals surface area contributed by atoms with E-state index in [1.807, 2.05) is 30.3 Å². The Bertz CT molecular complexity index is 844. The molecule has 0 amide bonds. The van der Waals surface area contributed by atoms with Crippen LogP contribution in [0.15, 0.2) is 78.9 Å². The topological polar surface area (TPSA) is 30.5 Å². The summed E-state index contributed by atoms with van der Waals surface area (Å²) >= 11 is 0. The third kappa shape index (κ3) is 7.53. The van der Waals surface area contributed by atoms with Crippen molar-refractivity contribution < 1.29 is 9.47 Å². The van der Waals surface area contributed by atoms with Crippen molar-refractivity contribution in [2.24, 2.45) is 5.92 Å². The van der Waals surface area contributed by atoms with Crippen LogP contribution in [0, 0.1) is 5.92 Å². The number of anilines is 1. The van der Waals surface area contributed by atoms with E-state index in [1.165, 1.54) is 11.1 Å². The second-order valence-electron chi connectivity index (χ2n) is 7.64. The van der Waals surface area contributed by atoms with Crippen molar-refractivity contribution in [2.75, 3.05) is 18.5 Å². The predicted octanol–water partition coefficient (Wildman–Crippen LogP) is 6.35. The van der Waals surface area contributed by atoms with Crippen molar-refractivity contribution in [3.8, 4) is 11.5 Å². The zero-order chi connectivity index (χ0) is 20.3. The molecule has 0 unspecified atom stereocenters. The van der Waals surface area contributed by atoms with Crippen LogP contribution < -0.4 is 14.8 Å². The highest BCUT2D eigenvalue weighted by Gasteiger charge is 2.01. The van der Waals surface area contributed by atoms with Gasteiger partial charge in [-0.1, -0.05) is 56.3 Å². The van der Waals surface area contributed by atoms with Crippen LogP contribution in [0.1, 0.15) is 31.4 Å². The zero-order valence-electron chi connectivity index (χ0n) is 17.4. The predicted molar refractivity (Wildman–Crippen MR) is 121 cm³/mol. The van der Waals surface area contributed by atoms with Crippen molar-refractivity contribution >= 4 is 5.69 Å². The van der Waals surface area contributed by atoms with Crippen LogP contribution in [0.4, 0.5) is 5.69 Å². The molecule has 0 spiro atoms. The summed E-state index contributed by atoms with van der Waals surface area (Å²) in [6.07, 6.45) is 1.98. The molecular weight excluding hydrogens is 358 g/mol. The third-order valence-corrected chi connectivity index (χ3v) is 4.72. The van der Waals surface area contributed by atoms with Gasteiger partial charge in [0.15, 0.2) is 0 Å². The van der Waals surface area contributed by atoms with Gasteiger partial charge in [0.1, 0.15) is 11.5 Å². The van der Waals surface area contributed by atoms with Crippen LogP contribution in [-0.2, 0) is 13.0 Å². The van der Waals surface area contributed by atoms with Crippen molar-refractivity contribution in [2.45, 2.75) is 33.2 Å². The molecule has 0 heterocycles. The smallest absolute Gasteiger partial charge is 0.119 e. The first-order valence-corrected chi connectivity index (χ1v) is 10.4. The van der Waals surface area contributed by atoms with Crippen LogP contribution in [0.5, 0.6) is 11.5 Å². The van der Waals surface area contributed by atoms with E-state index < -0.39 is 0 Å². The highest BCUT2D eigenvalue weighted by molar-refractivity contribution is 5.47. The molecule has 29 heavy (non-hydrogen) atoms. The Hall–Kier alpha value is -2.94. The summed E-state index contributed by atoms with van der Waals surface area (Å²) in [5.41, 5.74) is 3.57. The molecule has 0 bridgehead atoms. The average molecular weight is 390 g/mol. The van der Waals surface area contributed by atoms with Crippen molar-refractivity contribution in [3.05, 3.63) is 90.0 Å². The van der Waals surface area contributed by atoms with Gasteiger partial charge in [-0.3, -0.25) is 0 Å². The number of hydrogen-bond donors (Lipinski definition) is 1. The Morgan fingerprint density at radius 2 is 1.45 bits per heavy atom. The summed E-state index contributed by atoms with van der Waals surface area (Å²) in [6.45, 7) is 6.61. The fraction of sp³-hybridized carbons (Fsp3) is 0.308. The normalized spacial score (nSPS) is 10.7. The van der Waals surface area contributed by atoms with E-state index in [4.69, 9.17) is 9.47 Å². The first-order valence-electron chi connectivity index (χ1n) is 10.4. The maximum absolute atomic E-state index is 5.93. The molecule has 0 radical (unpaired) electrons. The van der Waals surface area contributed by atoms with E-state index in [9.17, 15) is 0 Å². The molecule has 0 saturated carbocycles. The van der Waals surface area contributed by atoms with Crippen molar-refractivity contribution in [3.63, 3.8) is 0 Å². The Morgan fingerprint density at radius 3 is 2.21 bits per heavy atom. The lowest BCUT2D eigenvalue weighted by Crippen LogP contribution is -2.03. The number of ether oxygens (including phenoxy) is 2. The minimum absolute atomic E-state index is 0.661. The van der Waals surface area contributed by atoms with Gasteiger partial charge in [0.05, 0.1) is 13.2 Å². The highest BCUT2D eigenvalue weighted by Crippen LogP contribution is 2.19. The van der Waals surface area contributed by atoms with Gasteiger partial charge in [-0.25, -0.2) is 0 Å². The third-order valence-electron chi connectivity index (χ3n) is 4.72. The van der Waals surface area contributed by atoms with Gasteiger partial charge < -0.3 is 14.8 Å². The van der Waals surface area contributed by atoms with E-state index in [1.54, 1.807) is 0 Å². The summed E-state index contributed by atoms with van der Waals surface area (Å²) < 4.78 is 11.7. The summed E-state index contributed by atoms with van der Waals surface area (Å²) in [7, 11) is 0. The van der Waals surface area contributed by atoms with E-state index >= 15 is 0 Å². The summed E-state index contributed by atoms with van der Waals surface area (Å²) in [4.78, 5) is 0. The first-order chi connectivity index (χ1) is 14.2. The monoisotopic (exact) mass is 389 g/mol. The minimum Gasteiger partial charge on any atom is -0.494 e. The molecule has 0 aromatic heterocycles. The van der Waals surface area contributed by atoms with Crippen molar-refractivity contribution in [1.82, 2.24) is 0 Å². The van der Waals surface area contributed by atoms with Crippen LogP contribution in [0.3, 0.4) is 0 Å². The molecule has 3 aromatic rings. The van der Waals surface area contributed by atoms with Gasteiger partial charge >= 0.3 is 0 Å². The number of benzene rings is 3. The molecule has 3 rings (SSSR count). The first kappa shape index (κ1) is 20.8. The molecule has 0 fully saturated rings. The van der Waals surface area contributed by atoms with E-state index in [2.05, 4.69) is 67.7 Å². The highest BCUT2D eigenvalue weighted by atomic mass is 16.5. The fourth-order valence-electron chi connectivity index (χ4n) is 2.96. The second-order valence-corrected chi connectivity index (χ2v) is 7.64. The Balaban J connectivity index is 1.44. The van der Waals surface area contributed by atoms with Crippen molar-refractivity contribution in [1.29, 1.82) is 0 Å². The van der Waals surface area contributed by atoms with E-state index in [0.29, 0.717) is 12.5 Å². The molecule has 0 aliphatic rings. The zero-order valence-corrected chi connectivity index (χ0v) is 17.4. The Labute approximate surface area is 174 Å². The van der Waals surface area contributed by atoms with Gasteiger partial charge in [-0.05, 0) is 59.9 Å². The van der Waals surface area contributed by atoms with Crippen LogP contribution in [0.25, 0.3) is 0 Å². The van der Waals surface area contributed by atoms with E-state index in [-0.39, 0.29) is 0 Å². The van der Waals surface area contributed by atoms with E-state index in [0.717, 1.165) is 43.2 Å². The summed E-state index contributed by atoms with van der Waals surface area (Å²) in [5, 5.41) is 3.46. The SMILES string of the molecule is CC(C)CCOc1ccc(NCc2cccc(OCCc3ccccc3)c2)cc1. The maximum Gasteiger partial charge on any atom is 0.119 e. The minimum atomic E-state index is 0.661. The lowest BCUT2D eigenvalue weighted by molar-refractivity contribution is 0.289. The molecule has 0 aliphatic heterocycles. The standard InChI is InChI=1S/C26H31NO2/c1-21(2)15-17-28-25-13-11-24(12-14-25)27-20-23-9-6-10-26(19-23)29-18-16-22-7-4-3-5-8-22/h3-14,19,21,27H,15-18,20H2,1-2H3. The lowest BCUT2D eigenvalue weighted by Gasteiger charge is -2.11. The molecule has 152 valence electrons. The number of hydrogen-bond acceptors (Lipinski definition) is 3. The molecule has 0 atom stereocenters. The second kappa shape index (κ2) is 11.2. The number of rotatable bonds is 11. The quantitative estimate of drug-likeness (QED) is 0.415. The molecular formula is C26H31NO2. The molecule has 3 heteroatoms. The van der Waals surface area contributed by atoms with Gasteiger partial charge in [0, 0.05) is 18.7 Å². The fourth-order valence-corrected chi connectivity index (χ4v) is 2.96. The van der Waals surface area contributed by atoms with Gasteiger partial charge in [-0.15, -0.1) is 0 Å². The van der Waals surface area contributed by atoms with Gasteiger partial charge in [0.2, 0.25) is 0 Å². The number of nitrogens with one attached hydrogen (secondary N) is 1. The average Bonchev–Trinajstić information content (AvgIpc) is 2.74. The molecule has 1 N–H and O–H groups in total. The Kier molecular flexibility index (Phi) is 8.00.